The van der Waals surface area contributed by atoms with E-state index in [1.165, 1.54) is 6.08 Å². The van der Waals surface area contributed by atoms with Gasteiger partial charge in [-0.3, -0.25) is 4.79 Å². The molecule has 0 aromatic heterocycles. The molecule has 0 saturated carbocycles. The molecule has 0 aromatic carbocycles. The lowest BCUT2D eigenvalue weighted by Gasteiger charge is -2.26. The quantitative estimate of drug-likeness (QED) is 0.518. The molecule has 0 aliphatic carbocycles. The Morgan fingerprint density at radius 3 is 2.40 bits per heavy atom. The third-order valence-corrected chi connectivity index (χ3v) is 2.57. The molecule has 0 radical (unpaired) electrons. The molecule has 15 heavy (non-hydrogen) atoms. The molecule has 1 amide bonds. The number of amides is 1. The standard InChI is InChI=1S/C12H22N2O/c1-4-7-8-9-11(15)14-10-12(13,5-2)6-3/h4,7-9H,5-6,10,13H2,1-3H3,(H,14,15)/b7-4?,9-8+. The van der Waals surface area contributed by atoms with Gasteiger partial charge >= 0.3 is 0 Å². The van der Waals surface area contributed by atoms with Gasteiger partial charge in [0.2, 0.25) is 5.91 Å². The SMILES string of the molecule is CC=C/C=C/C(=O)NCC(N)(CC)CC. The van der Waals surface area contributed by atoms with E-state index in [2.05, 4.69) is 5.32 Å². The lowest BCUT2D eigenvalue weighted by atomic mass is 9.94. The summed E-state index contributed by atoms with van der Waals surface area (Å²) in [4.78, 5) is 11.3. The number of nitrogens with two attached hydrogens (primary N) is 1. The molecule has 3 heteroatoms. The van der Waals surface area contributed by atoms with Crippen molar-refractivity contribution in [2.45, 2.75) is 39.2 Å². The summed E-state index contributed by atoms with van der Waals surface area (Å²) in [6.45, 7) is 6.50. The zero-order valence-corrected chi connectivity index (χ0v) is 9.92. The van der Waals surface area contributed by atoms with E-state index in [9.17, 15) is 4.79 Å². The van der Waals surface area contributed by atoms with Crippen molar-refractivity contribution in [3.05, 3.63) is 24.3 Å². The molecule has 0 fully saturated rings. The highest BCUT2D eigenvalue weighted by atomic mass is 16.1. The Morgan fingerprint density at radius 1 is 1.33 bits per heavy atom. The average Bonchev–Trinajstić information content (AvgIpc) is 2.26. The van der Waals surface area contributed by atoms with E-state index in [0.29, 0.717) is 6.54 Å². The highest BCUT2D eigenvalue weighted by Gasteiger charge is 2.19. The summed E-state index contributed by atoms with van der Waals surface area (Å²) >= 11 is 0. The van der Waals surface area contributed by atoms with Crippen LogP contribution in [0.25, 0.3) is 0 Å². The minimum absolute atomic E-state index is 0.0928. The molecule has 0 saturated heterocycles. The predicted molar refractivity (Wildman–Crippen MR) is 64.5 cm³/mol. The zero-order valence-electron chi connectivity index (χ0n) is 9.92. The monoisotopic (exact) mass is 210 g/mol. The van der Waals surface area contributed by atoms with Crippen molar-refractivity contribution in [3.8, 4) is 0 Å². The van der Waals surface area contributed by atoms with E-state index in [1.807, 2.05) is 32.9 Å². The number of carbonyl (C=O) groups excluding carboxylic acids is 1. The summed E-state index contributed by atoms with van der Waals surface area (Å²) in [6.07, 6.45) is 8.63. The van der Waals surface area contributed by atoms with Crippen LogP contribution in [0.1, 0.15) is 33.6 Å². The van der Waals surface area contributed by atoms with Crippen LogP contribution in [0.5, 0.6) is 0 Å². The third kappa shape index (κ3) is 6.07. The number of nitrogens with one attached hydrogen (secondary N) is 1. The maximum absolute atomic E-state index is 11.3. The normalized spacial score (nSPS) is 12.5. The van der Waals surface area contributed by atoms with Crippen molar-refractivity contribution in [2.75, 3.05) is 6.54 Å². The Morgan fingerprint density at radius 2 is 1.93 bits per heavy atom. The fourth-order valence-corrected chi connectivity index (χ4v) is 1.08. The van der Waals surface area contributed by atoms with Gasteiger partial charge in [0.15, 0.2) is 0 Å². The van der Waals surface area contributed by atoms with E-state index >= 15 is 0 Å². The molecule has 0 aliphatic heterocycles. The summed E-state index contributed by atoms with van der Waals surface area (Å²) in [5, 5.41) is 2.80. The van der Waals surface area contributed by atoms with Crippen LogP contribution < -0.4 is 11.1 Å². The smallest absolute Gasteiger partial charge is 0.244 e. The maximum atomic E-state index is 11.3. The van der Waals surface area contributed by atoms with Gasteiger partial charge in [0.05, 0.1) is 0 Å². The molecular weight excluding hydrogens is 188 g/mol. The van der Waals surface area contributed by atoms with Crippen molar-refractivity contribution in [1.29, 1.82) is 0 Å². The zero-order chi connectivity index (χ0) is 11.7. The van der Waals surface area contributed by atoms with Gasteiger partial charge in [0.25, 0.3) is 0 Å². The van der Waals surface area contributed by atoms with Gasteiger partial charge in [-0.1, -0.05) is 32.1 Å². The number of rotatable bonds is 6. The van der Waals surface area contributed by atoms with Gasteiger partial charge in [-0.15, -0.1) is 0 Å². The highest BCUT2D eigenvalue weighted by Crippen LogP contribution is 2.08. The van der Waals surface area contributed by atoms with Crippen molar-refractivity contribution < 1.29 is 4.79 Å². The van der Waals surface area contributed by atoms with Crippen LogP contribution in [0, 0.1) is 0 Å². The first kappa shape index (κ1) is 13.9. The van der Waals surface area contributed by atoms with Gasteiger partial charge < -0.3 is 11.1 Å². The fraction of sp³-hybridized carbons (Fsp3) is 0.583. The molecule has 0 spiro atoms. The summed E-state index contributed by atoms with van der Waals surface area (Å²) < 4.78 is 0. The van der Waals surface area contributed by atoms with E-state index in [4.69, 9.17) is 5.73 Å². The Bertz CT molecular complexity index is 240. The van der Waals surface area contributed by atoms with Crippen LogP contribution in [-0.2, 0) is 4.79 Å². The van der Waals surface area contributed by atoms with E-state index in [1.54, 1.807) is 6.08 Å². The summed E-state index contributed by atoms with van der Waals surface area (Å²) in [5.74, 6) is -0.0928. The van der Waals surface area contributed by atoms with E-state index in [0.717, 1.165) is 12.8 Å². The molecule has 0 aromatic rings. The third-order valence-electron chi connectivity index (χ3n) is 2.57. The largest absolute Gasteiger partial charge is 0.351 e. The number of allylic oxidation sites excluding steroid dienone is 3. The Kier molecular flexibility index (Phi) is 6.71. The van der Waals surface area contributed by atoms with Crippen molar-refractivity contribution in [2.24, 2.45) is 5.73 Å². The van der Waals surface area contributed by atoms with Gasteiger partial charge in [-0.2, -0.15) is 0 Å². The molecular formula is C12H22N2O. The second-order valence-electron chi connectivity index (χ2n) is 3.67. The number of carbonyl (C=O) groups is 1. The van der Waals surface area contributed by atoms with E-state index in [-0.39, 0.29) is 11.4 Å². The number of hydrogen-bond acceptors (Lipinski definition) is 2. The van der Waals surface area contributed by atoms with Crippen LogP contribution in [0.4, 0.5) is 0 Å². The molecule has 0 aliphatic rings. The predicted octanol–water partition coefficient (Wildman–Crippen LogP) is 1.75. The second-order valence-corrected chi connectivity index (χ2v) is 3.67. The van der Waals surface area contributed by atoms with Gasteiger partial charge in [0.1, 0.15) is 0 Å². The highest BCUT2D eigenvalue weighted by molar-refractivity contribution is 5.87. The van der Waals surface area contributed by atoms with Crippen LogP contribution >= 0.6 is 0 Å². The molecule has 0 unspecified atom stereocenters. The van der Waals surface area contributed by atoms with Gasteiger partial charge in [-0.05, 0) is 19.8 Å². The maximum Gasteiger partial charge on any atom is 0.244 e. The van der Waals surface area contributed by atoms with Crippen LogP contribution in [0.15, 0.2) is 24.3 Å². The summed E-state index contributed by atoms with van der Waals surface area (Å²) in [5.41, 5.74) is 5.77. The first-order chi connectivity index (χ1) is 7.08. The minimum atomic E-state index is -0.274. The second kappa shape index (κ2) is 7.23. The Hall–Kier alpha value is -1.09. The molecule has 0 atom stereocenters. The molecule has 0 bridgehead atoms. The topological polar surface area (TPSA) is 55.1 Å². The van der Waals surface area contributed by atoms with Crippen LogP contribution in [0.3, 0.4) is 0 Å². The van der Waals surface area contributed by atoms with Crippen LogP contribution in [-0.4, -0.2) is 18.0 Å². The summed E-state index contributed by atoms with van der Waals surface area (Å²) in [6, 6.07) is 0. The molecule has 3 nitrogen and oxygen atoms in total. The van der Waals surface area contributed by atoms with Crippen LogP contribution in [0.2, 0.25) is 0 Å². The summed E-state index contributed by atoms with van der Waals surface area (Å²) in [7, 11) is 0. The molecule has 0 rings (SSSR count). The first-order valence-corrected chi connectivity index (χ1v) is 5.44. The Labute approximate surface area is 92.4 Å². The fourth-order valence-electron chi connectivity index (χ4n) is 1.08. The van der Waals surface area contributed by atoms with Crippen molar-refractivity contribution in [3.63, 3.8) is 0 Å². The molecule has 86 valence electrons. The van der Waals surface area contributed by atoms with Crippen molar-refractivity contribution >= 4 is 5.91 Å². The lowest BCUT2D eigenvalue weighted by Crippen LogP contribution is -2.48. The Balaban J connectivity index is 3.99. The van der Waals surface area contributed by atoms with Gasteiger partial charge in [-0.25, -0.2) is 0 Å². The van der Waals surface area contributed by atoms with Gasteiger partial charge in [0, 0.05) is 18.2 Å². The molecule has 3 N–H and O–H groups in total. The average molecular weight is 210 g/mol. The molecule has 0 heterocycles. The number of hydrogen-bond donors (Lipinski definition) is 2. The lowest BCUT2D eigenvalue weighted by molar-refractivity contribution is -0.116. The first-order valence-electron chi connectivity index (χ1n) is 5.44. The minimum Gasteiger partial charge on any atom is -0.351 e. The van der Waals surface area contributed by atoms with Crippen molar-refractivity contribution in [1.82, 2.24) is 5.32 Å². The van der Waals surface area contributed by atoms with E-state index < -0.39 is 0 Å².